The second-order valence-electron chi connectivity index (χ2n) is 5.43. The first kappa shape index (κ1) is 14.2. The smallest absolute Gasteiger partial charge is 0.0949 e. The zero-order valence-electron chi connectivity index (χ0n) is 12.6. The first-order valence-corrected chi connectivity index (χ1v) is 7.91. The predicted octanol–water partition coefficient (Wildman–Crippen LogP) is 3.86. The van der Waals surface area contributed by atoms with Crippen molar-refractivity contribution in [2.45, 2.75) is 33.2 Å². The number of fused-ring (bicyclic) bond motifs is 1. The molecular weight excluding hydrogens is 278 g/mol. The average Bonchev–Trinajstić information content (AvgIpc) is 2.76. The fourth-order valence-corrected chi connectivity index (χ4v) is 3.56. The lowest BCUT2D eigenvalue weighted by Crippen LogP contribution is -2.14. The highest BCUT2D eigenvalue weighted by atomic mass is 32.1. The van der Waals surface area contributed by atoms with Crippen LogP contribution in [0.4, 0.5) is 0 Å². The predicted molar refractivity (Wildman–Crippen MR) is 88.7 cm³/mol. The molecule has 0 aliphatic rings. The van der Waals surface area contributed by atoms with Gasteiger partial charge in [0.2, 0.25) is 0 Å². The fraction of sp³-hybridized carbons (Fsp3) is 0.294. The van der Waals surface area contributed by atoms with Crippen LogP contribution in [0.5, 0.6) is 0 Å². The molecule has 0 saturated carbocycles. The standard InChI is InChI=1S/C17H19N3S/c1-10-8-14(13-6-4-5-7-16(13)19-10)15(18)9-17-20-11(2)12(3)21-17/h4-8,15H,9,18H2,1-3H3. The summed E-state index contributed by atoms with van der Waals surface area (Å²) >= 11 is 1.74. The van der Waals surface area contributed by atoms with E-state index in [9.17, 15) is 0 Å². The maximum absolute atomic E-state index is 6.46. The Morgan fingerprint density at radius 3 is 2.62 bits per heavy atom. The van der Waals surface area contributed by atoms with Crippen LogP contribution in [-0.2, 0) is 6.42 Å². The van der Waals surface area contributed by atoms with Crippen molar-refractivity contribution < 1.29 is 0 Å². The van der Waals surface area contributed by atoms with E-state index < -0.39 is 0 Å². The van der Waals surface area contributed by atoms with Gasteiger partial charge in [0.15, 0.2) is 0 Å². The third kappa shape index (κ3) is 2.82. The molecule has 4 heteroatoms. The number of thiazole rings is 1. The minimum atomic E-state index is -0.0541. The molecule has 3 rings (SSSR count). The van der Waals surface area contributed by atoms with Crippen LogP contribution in [0.1, 0.15) is 32.9 Å². The Morgan fingerprint density at radius 1 is 1.14 bits per heavy atom. The monoisotopic (exact) mass is 297 g/mol. The van der Waals surface area contributed by atoms with Gasteiger partial charge in [0.05, 0.1) is 16.2 Å². The molecule has 2 aromatic heterocycles. The Labute approximate surface area is 128 Å². The number of hydrogen-bond acceptors (Lipinski definition) is 4. The van der Waals surface area contributed by atoms with Gasteiger partial charge < -0.3 is 5.73 Å². The van der Waals surface area contributed by atoms with Crippen LogP contribution in [0.15, 0.2) is 30.3 Å². The molecule has 0 saturated heterocycles. The van der Waals surface area contributed by atoms with Crippen molar-refractivity contribution in [1.29, 1.82) is 0 Å². The van der Waals surface area contributed by atoms with Gasteiger partial charge in [0.25, 0.3) is 0 Å². The summed E-state index contributed by atoms with van der Waals surface area (Å²) < 4.78 is 0. The quantitative estimate of drug-likeness (QED) is 0.798. The Morgan fingerprint density at radius 2 is 1.90 bits per heavy atom. The van der Waals surface area contributed by atoms with Crippen molar-refractivity contribution in [3.05, 3.63) is 57.2 Å². The van der Waals surface area contributed by atoms with Crippen LogP contribution in [0, 0.1) is 20.8 Å². The number of hydrogen-bond donors (Lipinski definition) is 1. The molecule has 0 fully saturated rings. The lowest BCUT2D eigenvalue weighted by Gasteiger charge is -2.14. The number of benzene rings is 1. The molecule has 108 valence electrons. The van der Waals surface area contributed by atoms with E-state index >= 15 is 0 Å². The summed E-state index contributed by atoms with van der Waals surface area (Å²) in [5.41, 5.74) is 10.7. The van der Waals surface area contributed by atoms with Crippen molar-refractivity contribution in [2.75, 3.05) is 0 Å². The molecule has 0 aliphatic heterocycles. The Hall–Kier alpha value is -1.78. The molecule has 1 aromatic carbocycles. The summed E-state index contributed by atoms with van der Waals surface area (Å²) in [5.74, 6) is 0. The van der Waals surface area contributed by atoms with Crippen LogP contribution in [0.3, 0.4) is 0 Å². The van der Waals surface area contributed by atoms with Crippen molar-refractivity contribution in [2.24, 2.45) is 5.73 Å². The molecule has 0 bridgehead atoms. The number of nitrogens with zero attached hydrogens (tertiary/aromatic N) is 2. The SMILES string of the molecule is Cc1cc(C(N)Cc2nc(C)c(C)s2)c2ccccc2n1. The minimum Gasteiger partial charge on any atom is -0.324 e. The zero-order valence-corrected chi connectivity index (χ0v) is 13.4. The van der Waals surface area contributed by atoms with E-state index in [0.29, 0.717) is 0 Å². The number of pyridine rings is 1. The maximum Gasteiger partial charge on any atom is 0.0949 e. The third-order valence-corrected chi connectivity index (χ3v) is 4.84. The normalized spacial score (nSPS) is 12.8. The number of para-hydroxylation sites is 1. The van der Waals surface area contributed by atoms with E-state index in [1.807, 2.05) is 32.0 Å². The summed E-state index contributed by atoms with van der Waals surface area (Å²) in [5, 5.41) is 2.25. The van der Waals surface area contributed by atoms with Gasteiger partial charge in [-0.3, -0.25) is 4.98 Å². The Balaban J connectivity index is 1.99. The van der Waals surface area contributed by atoms with E-state index in [2.05, 4.69) is 29.0 Å². The molecule has 2 heterocycles. The third-order valence-electron chi connectivity index (χ3n) is 3.74. The van der Waals surface area contributed by atoms with Crippen LogP contribution >= 0.6 is 11.3 Å². The highest BCUT2D eigenvalue weighted by molar-refractivity contribution is 7.11. The van der Waals surface area contributed by atoms with Gasteiger partial charge in [-0.1, -0.05) is 18.2 Å². The fourth-order valence-electron chi connectivity index (χ4n) is 2.57. The van der Waals surface area contributed by atoms with Crippen LogP contribution in [-0.4, -0.2) is 9.97 Å². The van der Waals surface area contributed by atoms with Crippen LogP contribution in [0.2, 0.25) is 0 Å². The summed E-state index contributed by atoms with van der Waals surface area (Å²) in [6, 6.07) is 10.2. The molecule has 3 aromatic rings. The average molecular weight is 297 g/mol. The van der Waals surface area contributed by atoms with Crippen LogP contribution in [0.25, 0.3) is 10.9 Å². The molecule has 0 spiro atoms. The van der Waals surface area contributed by atoms with Gasteiger partial charge >= 0.3 is 0 Å². The number of aromatic nitrogens is 2. The van der Waals surface area contributed by atoms with Crippen molar-refractivity contribution in [3.63, 3.8) is 0 Å². The molecule has 1 atom stereocenters. The minimum absolute atomic E-state index is 0.0541. The highest BCUT2D eigenvalue weighted by Gasteiger charge is 2.14. The van der Waals surface area contributed by atoms with E-state index in [4.69, 9.17) is 5.73 Å². The van der Waals surface area contributed by atoms with Crippen molar-refractivity contribution in [3.8, 4) is 0 Å². The van der Waals surface area contributed by atoms with Gasteiger partial charge in [-0.15, -0.1) is 11.3 Å². The molecule has 21 heavy (non-hydrogen) atoms. The van der Waals surface area contributed by atoms with Gasteiger partial charge in [-0.25, -0.2) is 4.98 Å². The molecule has 0 aliphatic carbocycles. The Kier molecular flexibility index (Phi) is 3.74. The Bertz CT molecular complexity index is 772. The van der Waals surface area contributed by atoms with Gasteiger partial charge in [-0.2, -0.15) is 0 Å². The van der Waals surface area contributed by atoms with Gasteiger partial charge in [0.1, 0.15) is 0 Å². The molecule has 1 unspecified atom stereocenters. The van der Waals surface area contributed by atoms with E-state index in [1.165, 1.54) is 4.88 Å². The second-order valence-corrected chi connectivity index (χ2v) is 6.72. The number of rotatable bonds is 3. The van der Waals surface area contributed by atoms with E-state index in [-0.39, 0.29) is 6.04 Å². The molecular formula is C17H19N3S. The topological polar surface area (TPSA) is 51.8 Å². The largest absolute Gasteiger partial charge is 0.324 e. The van der Waals surface area contributed by atoms with Crippen molar-refractivity contribution in [1.82, 2.24) is 9.97 Å². The second kappa shape index (κ2) is 5.54. The van der Waals surface area contributed by atoms with E-state index in [0.717, 1.165) is 39.3 Å². The summed E-state index contributed by atoms with van der Waals surface area (Å²) in [4.78, 5) is 10.4. The lowest BCUT2D eigenvalue weighted by atomic mass is 9.99. The highest BCUT2D eigenvalue weighted by Crippen LogP contribution is 2.27. The molecule has 0 radical (unpaired) electrons. The zero-order chi connectivity index (χ0) is 15.0. The van der Waals surface area contributed by atoms with Crippen molar-refractivity contribution >= 4 is 22.2 Å². The molecule has 0 amide bonds. The van der Waals surface area contributed by atoms with Gasteiger partial charge in [-0.05, 0) is 38.5 Å². The number of aryl methyl sites for hydroxylation is 3. The lowest BCUT2D eigenvalue weighted by molar-refractivity contribution is 0.721. The summed E-state index contributed by atoms with van der Waals surface area (Å²) in [7, 11) is 0. The first-order valence-electron chi connectivity index (χ1n) is 7.09. The van der Waals surface area contributed by atoms with Gasteiger partial charge in [0, 0.05) is 28.4 Å². The summed E-state index contributed by atoms with van der Waals surface area (Å²) in [6.07, 6.45) is 0.771. The molecule has 2 N–H and O–H groups in total. The van der Waals surface area contributed by atoms with E-state index in [1.54, 1.807) is 11.3 Å². The maximum atomic E-state index is 6.46. The molecule has 3 nitrogen and oxygen atoms in total. The first-order chi connectivity index (χ1) is 10.0. The van der Waals surface area contributed by atoms with Crippen LogP contribution < -0.4 is 5.73 Å². The number of nitrogens with two attached hydrogens (primary N) is 1. The summed E-state index contributed by atoms with van der Waals surface area (Å²) in [6.45, 7) is 6.17.